The van der Waals surface area contributed by atoms with Crippen LogP contribution in [0.4, 0.5) is 0 Å². The molecule has 0 aromatic carbocycles. The quantitative estimate of drug-likeness (QED) is 0.0706. The smallest absolute Gasteiger partial charge is 0.726 e. The molecule has 4 saturated carbocycles. The Bertz CT molecular complexity index is 1160. The fourth-order valence-electron chi connectivity index (χ4n) is 10.9. The Morgan fingerprint density at radius 2 is 1.57 bits per heavy atom. The van der Waals surface area contributed by atoms with Crippen LogP contribution < -0.4 is 29.6 Å². The Kier molecular flexibility index (Phi) is 12.2. The number of hydrogen-bond acceptors (Lipinski definition) is 12. The van der Waals surface area contributed by atoms with Gasteiger partial charge in [-0.1, -0.05) is 34.6 Å². The fourth-order valence-corrected chi connectivity index (χ4v) is 11.5. The molecule has 6 N–H and O–H groups in total. The Morgan fingerprint density at radius 1 is 0.913 bits per heavy atom. The second kappa shape index (κ2) is 14.3. The molecule has 1 heterocycles. The third-order valence-corrected chi connectivity index (χ3v) is 13.6. The molecule has 0 amide bonds. The van der Waals surface area contributed by atoms with Crippen molar-refractivity contribution in [3.8, 4) is 0 Å². The minimum absolute atomic E-state index is 0. The zero-order valence-corrected chi connectivity index (χ0v) is 31.0. The molecule has 0 radical (unpaired) electrons. The molecule has 0 aromatic rings. The monoisotopic (exact) mass is 686 g/mol. The van der Waals surface area contributed by atoms with Crippen molar-refractivity contribution in [3.63, 3.8) is 0 Å². The van der Waals surface area contributed by atoms with Gasteiger partial charge in [-0.25, -0.2) is 8.42 Å². The Balaban J connectivity index is 0.00000480. The number of hydrogen-bond donors (Lipinski definition) is 6. The summed E-state index contributed by atoms with van der Waals surface area (Å²) in [5.74, 6) is -0.781. The maximum absolute atomic E-state index is 12.6. The summed E-state index contributed by atoms with van der Waals surface area (Å²) in [5, 5.41) is 66.1. The van der Waals surface area contributed by atoms with E-state index in [0.717, 1.165) is 12.8 Å². The first kappa shape index (κ1) is 39.3. The second-order valence-corrected chi connectivity index (χ2v) is 17.0. The summed E-state index contributed by atoms with van der Waals surface area (Å²) < 4.78 is 50.3. The molecule has 4 aliphatic carbocycles. The number of fused-ring (bicyclic) bond motifs is 5. The van der Waals surface area contributed by atoms with Crippen LogP contribution in [0, 0.1) is 46.3 Å². The van der Waals surface area contributed by atoms with Gasteiger partial charge in [0, 0.05) is 12.3 Å². The van der Waals surface area contributed by atoms with Crippen LogP contribution in [-0.4, -0.2) is 105 Å². The molecule has 5 fully saturated rings. The van der Waals surface area contributed by atoms with Crippen molar-refractivity contribution in [2.24, 2.45) is 46.3 Å². The summed E-state index contributed by atoms with van der Waals surface area (Å²) in [5.41, 5.74) is -2.08. The van der Waals surface area contributed by atoms with Crippen molar-refractivity contribution in [2.45, 2.75) is 147 Å². The average Bonchev–Trinajstić information content (AvgIpc) is 3.22. The predicted molar refractivity (Wildman–Crippen MR) is 160 cm³/mol. The summed E-state index contributed by atoms with van der Waals surface area (Å²) in [6.07, 6.45) is -2.71. The fraction of sp³-hybridized carbons (Fsp3) is 1.00. The molecule has 1 aliphatic heterocycles. The van der Waals surface area contributed by atoms with E-state index in [9.17, 15) is 43.6 Å². The van der Waals surface area contributed by atoms with Gasteiger partial charge >= 0.3 is 29.6 Å². The molecule has 5 rings (SSSR count). The van der Waals surface area contributed by atoms with Gasteiger partial charge in [-0.05, 0) is 91.8 Å². The first-order valence-corrected chi connectivity index (χ1v) is 18.2. The van der Waals surface area contributed by atoms with E-state index in [4.69, 9.17) is 13.7 Å². The van der Waals surface area contributed by atoms with Gasteiger partial charge in [0.2, 0.25) is 10.4 Å². The topological polar surface area (TPSA) is 206 Å². The summed E-state index contributed by atoms with van der Waals surface area (Å²) in [4.78, 5) is 0. The first-order valence-electron chi connectivity index (χ1n) is 16.9. The van der Waals surface area contributed by atoms with Crippen molar-refractivity contribution >= 4 is 10.4 Å². The van der Waals surface area contributed by atoms with Crippen molar-refractivity contribution in [1.82, 2.24) is 0 Å². The summed E-state index contributed by atoms with van der Waals surface area (Å²) in [7, 11) is -4.83. The molecule has 7 unspecified atom stereocenters. The number of aliphatic hydroxyl groups is 6. The van der Waals surface area contributed by atoms with Crippen LogP contribution in [0.3, 0.4) is 0 Å². The van der Waals surface area contributed by atoms with Gasteiger partial charge in [0.25, 0.3) is 0 Å². The van der Waals surface area contributed by atoms with E-state index >= 15 is 0 Å². The number of rotatable bonds is 9. The van der Waals surface area contributed by atoms with Crippen LogP contribution >= 0.6 is 0 Å². The van der Waals surface area contributed by atoms with Gasteiger partial charge < -0.3 is 44.7 Å². The second-order valence-electron chi connectivity index (χ2n) is 16.0. The third-order valence-electron chi connectivity index (χ3n) is 13.1. The van der Waals surface area contributed by atoms with Gasteiger partial charge in [0.1, 0.15) is 18.3 Å². The van der Waals surface area contributed by atoms with Gasteiger partial charge in [0.15, 0.2) is 6.29 Å². The Morgan fingerprint density at radius 3 is 2.20 bits per heavy atom. The molecule has 5 aliphatic rings. The molecule has 0 bridgehead atoms. The van der Waals surface area contributed by atoms with Crippen LogP contribution in [-0.2, 0) is 24.1 Å². The zero-order valence-electron chi connectivity index (χ0n) is 28.2. The van der Waals surface area contributed by atoms with E-state index in [1.54, 1.807) is 0 Å². The van der Waals surface area contributed by atoms with E-state index in [1.165, 1.54) is 0 Å². The normalized spacial score (nSPS) is 48.9. The van der Waals surface area contributed by atoms with Crippen LogP contribution in [0.25, 0.3) is 0 Å². The molecule has 0 aromatic heterocycles. The van der Waals surface area contributed by atoms with Crippen molar-refractivity contribution < 1.29 is 86.8 Å². The Labute approximate surface area is 295 Å². The van der Waals surface area contributed by atoms with Gasteiger partial charge in [-0.2, -0.15) is 0 Å². The molecule has 1 saturated heterocycles. The van der Waals surface area contributed by atoms with E-state index in [1.807, 2.05) is 13.8 Å². The minimum atomic E-state index is -4.83. The SMILES string of the molecule is CC(C)[C@H](CC[C@@H](C)[C@H]1C[C@@H](O)C2[C@]3(O)C[C@H](O)C4C[C@@H](OC5OCC(O)C(O)C5O)CC[C@]4(C)C3CC[C@@]21C)OS(=O)(=O)[O-].[Na+]. The standard InChI is InChI=1S/C32H56O12S.Na/c1-16(2)24(44-45(39,40)41)7-6-17(3)19-13-21(33)28-31(19,5)11-9-25-30(4)10-8-18(12-20(30)22(34)14-32(25,28)38)43-29-27(37)26(36)23(35)15-42-29;/h16-29,33-38H,6-15H2,1-5H3,(H,39,40,41);/q;+1/p-1/t17-,18+,19-,20?,21-,22+,23?,24+,25?,26?,27?,28?,29?,30+,31-,32+;/m1./s1. The molecular weight excluding hydrogens is 631 g/mol. The molecule has 16 atom stereocenters. The van der Waals surface area contributed by atoms with Crippen molar-refractivity contribution in [3.05, 3.63) is 0 Å². The molecule has 14 heteroatoms. The predicted octanol–water partition coefficient (Wildman–Crippen LogP) is -1.55. The van der Waals surface area contributed by atoms with Crippen LogP contribution in [0.2, 0.25) is 0 Å². The van der Waals surface area contributed by atoms with E-state index in [0.29, 0.717) is 38.5 Å². The van der Waals surface area contributed by atoms with Crippen LogP contribution in [0.1, 0.15) is 92.4 Å². The van der Waals surface area contributed by atoms with Gasteiger partial charge in [-0.15, -0.1) is 0 Å². The number of aliphatic hydroxyl groups excluding tert-OH is 5. The van der Waals surface area contributed by atoms with Crippen molar-refractivity contribution in [2.75, 3.05) is 6.61 Å². The molecule has 0 spiro atoms. The molecule has 46 heavy (non-hydrogen) atoms. The molecule has 12 nitrogen and oxygen atoms in total. The van der Waals surface area contributed by atoms with Gasteiger partial charge in [0.05, 0.1) is 36.6 Å². The van der Waals surface area contributed by atoms with Crippen LogP contribution in [0.15, 0.2) is 0 Å². The Hall–Kier alpha value is 0.550. The van der Waals surface area contributed by atoms with E-state index in [-0.39, 0.29) is 78.3 Å². The average molecular weight is 687 g/mol. The van der Waals surface area contributed by atoms with E-state index in [2.05, 4.69) is 20.8 Å². The van der Waals surface area contributed by atoms with Gasteiger partial charge in [-0.3, -0.25) is 4.18 Å². The minimum Gasteiger partial charge on any atom is -0.726 e. The summed E-state index contributed by atoms with van der Waals surface area (Å²) in [6.45, 7) is 9.86. The maximum Gasteiger partial charge on any atom is 1.00 e. The number of ether oxygens (including phenoxy) is 2. The summed E-state index contributed by atoms with van der Waals surface area (Å²) in [6, 6.07) is 0. The maximum atomic E-state index is 12.6. The van der Waals surface area contributed by atoms with Crippen molar-refractivity contribution in [1.29, 1.82) is 0 Å². The largest absolute Gasteiger partial charge is 1.00 e. The summed E-state index contributed by atoms with van der Waals surface area (Å²) >= 11 is 0. The van der Waals surface area contributed by atoms with E-state index < -0.39 is 75.7 Å². The molecule has 262 valence electrons. The zero-order chi connectivity index (χ0) is 33.3. The van der Waals surface area contributed by atoms with Crippen LogP contribution in [0.5, 0.6) is 0 Å². The third kappa shape index (κ3) is 7.17. The molecular formula is C32H55NaO12S. The first-order chi connectivity index (χ1) is 20.8.